The molecule has 0 N–H and O–H groups in total. The highest BCUT2D eigenvalue weighted by Gasteiger charge is 2.24. The highest BCUT2D eigenvalue weighted by Crippen LogP contribution is 2.30. The van der Waals surface area contributed by atoms with Crippen LogP contribution in [0.3, 0.4) is 0 Å². The number of hydrogen-bond donors (Lipinski definition) is 0. The van der Waals surface area contributed by atoms with Crippen molar-refractivity contribution in [3.05, 3.63) is 32.5 Å². The lowest BCUT2D eigenvalue weighted by Gasteiger charge is -1.99. The molecule has 5 nitrogen and oxygen atoms in total. The predicted octanol–water partition coefficient (Wildman–Crippen LogP) is 2.15. The third kappa shape index (κ3) is 2.48. The summed E-state index contributed by atoms with van der Waals surface area (Å²) in [7, 11) is -5.31. The topological polar surface area (TPSA) is 77.3 Å². The van der Waals surface area contributed by atoms with Crippen molar-refractivity contribution in [2.45, 2.75) is 4.90 Å². The van der Waals surface area contributed by atoms with E-state index in [0.29, 0.717) is 12.1 Å². The summed E-state index contributed by atoms with van der Waals surface area (Å²) in [6.07, 6.45) is 0. The Labute approximate surface area is 91.2 Å². The predicted molar refractivity (Wildman–Crippen MR) is 49.0 cm³/mol. The van der Waals surface area contributed by atoms with E-state index in [4.69, 9.17) is 0 Å². The summed E-state index contributed by atoms with van der Waals surface area (Å²) in [5.74, 6) is -1.39. The second kappa shape index (κ2) is 3.81. The van der Waals surface area contributed by atoms with Crippen LogP contribution < -0.4 is 0 Å². The van der Waals surface area contributed by atoms with Gasteiger partial charge in [-0.05, 0) is 22.0 Å². The van der Waals surface area contributed by atoms with Gasteiger partial charge < -0.3 is 0 Å². The minimum atomic E-state index is -5.31. The SMILES string of the molecule is O=[N+]([O-])c1cc(S(=O)(=O)F)c(F)cc1Br. The van der Waals surface area contributed by atoms with Gasteiger partial charge >= 0.3 is 10.2 Å². The van der Waals surface area contributed by atoms with E-state index in [9.17, 15) is 26.8 Å². The molecule has 0 aliphatic rings. The maximum absolute atomic E-state index is 12.9. The first-order valence-corrected chi connectivity index (χ1v) is 5.49. The first-order chi connectivity index (χ1) is 6.73. The third-order valence-electron chi connectivity index (χ3n) is 1.46. The van der Waals surface area contributed by atoms with Crippen molar-refractivity contribution in [2.24, 2.45) is 0 Å². The maximum Gasteiger partial charge on any atom is 0.335 e. The first-order valence-electron chi connectivity index (χ1n) is 3.31. The summed E-state index contributed by atoms with van der Waals surface area (Å²) in [5.41, 5.74) is -0.729. The minimum absolute atomic E-state index is 0.266. The largest absolute Gasteiger partial charge is 0.335 e. The average Bonchev–Trinajstić information content (AvgIpc) is 2.00. The normalized spacial score (nSPS) is 11.4. The van der Waals surface area contributed by atoms with E-state index in [-0.39, 0.29) is 4.47 Å². The van der Waals surface area contributed by atoms with Crippen molar-refractivity contribution in [3.63, 3.8) is 0 Å². The van der Waals surface area contributed by atoms with Crippen molar-refractivity contribution in [2.75, 3.05) is 0 Å². The average molecular weight is 302 g/mol. The molecule has 0 saturated carbocycles. The van der Waals surface area contributed by atoms with Crippen LogP contribution in [-0.4, -0.2) is 13.3 Å². The molecule has 0 aliphatic carbocycles. The zero-order chi connectivity index (χ0) is 11.8. The standard InChI is InChI=1S/C6H2BrF2NO4S/c7-3-1-4(8)6(15(9,13)14)2-5(3)10(11)12/h1-2H. The van der Waals surface area contributed by atoms with Crippen LogP contribution >= 0.6 is 15.9 Å². The Balaban J connectivity index is 3.58. The summed E-state index contributed by atoms with van der Waals surface area (Å²) in [4.78, 5) is 8.04. The van der Waals surface area contributed by atoms with Gasteiger partial charge in [0.15, 0.2) is 0 Å². The second-order valence-electron chi connectivity index (χ2n) is 2.43. The monoisotopic (exact) mass is 301 g/mol. The Morgan fingerprint density at radius 1 is 1.40 bits per heavy atom. The molecule has 0 unspecified atom stereocenters. The van der Waals surface area contributed by atoms with E-state index in [2.05, 4.69) is 15.9 Å². The van der Waals surface area contributed by atoms with Gasteiger partial charge in [-0.1, -0.05) is 0 Å². The summed E-state index contributed by atoms with van der Waals surface area (Å²) in [6.45, 7) is 0. The molecule has 0 bridgehead atoms. The van der Waals surface area contributed by atoms with Crippen LogP contribution in [0, 0.1) is 15.9 Å². The van der Waals surface area contributed by atoms with E-state index in [0.717, 1.165) is 0 Å². The number of rotatable bonds is 2. The fourth-order valence-corrected chi connectivity index (χ4v) is 1.85. The quantitative estimate of drug-likeness (QED) is 0.476. The molecule has 0 atom stereocenters. The molecule has 1 aromatic carbocycles. The van der Waals surface area contributed by atoms with Gasteiger partial charge in [0.05, 0.1) is 9.40 Å². The van der Waals surface area contributed by atoms with Crippen LogP contribution in [0.1, 0.15) is 0 Å². The van der Waals surface area contributed by atoms with E-state index in [1.807, 2.05) is 0 Å². The summed E-state index contributed by atoms with van der Waals surface area (Å²) in [6, 6.07) is 0.833. The molecular formula is C6H2BrF2NO4S. The van der Waals surface area contributed by atoms with E-state index in [1.165, 1.54) is 0 Å². The number of halogens is 3. The molecule has 0 aliphatic heterocycles. The molecule has 0 heterocycles. The Bertz CT molecular complexity index is 530. The van der Waals surface area contributed by atoms with Crippen molar-refractivity contribution in [3.8, 4) is 0 Å². The molecule has 0 amide bonds. The van der Waals surface area contributed by atoms with Gasteiger partial charge in [-0.25, -0.2) is 4.39 Å². The van der Waals surface area contributed by atoms with Gasteiger partial charge in [-0.15, -0.1) is 3.89 Å². The van der Waals surface area contributed by atoms with Crippen molar-refractivity contribution in [1.29, 1.82) is 0 Å². The van der Waals surface area contributed by atoms with E-state index in [1.54, 1.807) is 0 Å². The zero-order valence-corrected chi connectivity index (χ0v) is 9.18. The van der Waals surface area contributed by atoms with Gasteiger partial charge in [-0.3, -0.25) is 10.1 Å². The van der Waals surface area contributed by atoms with Gasteiger partial charge in [0, 0.05) is 6.07 Å². The molecule has 1 rings (SSSR count). The molecular weight excluding hydrogens is 300 g/mol. The third-order valence-corrected chi connectivity index (χ3v) is 2.93. The minimum Gasteiger partial charge on any atom is -0.258 e. The second-order valence-corrected chi connectivity index (χ2v) is 4.60. The Hall–Kier alpha value is -1.09. The number of benzene rings is 1. The van der Waals surface area contributed by atoms with Crippen molar-refractivity contribution in [1.82, 2.24) is 0 Å². The first kappa shape index (κ1) is 12.0. The van der Waals surface area contributed by atoms with Crippen LogP contribution in [0.25, 0.3) is 0 Å². The Morgan fingerprint density at radius 3 is 2.33 bits per heavy atom. The van der Waals surface area contributed by atoms with E-state index >= 15 is 0 Å². The van der Waals surface area contributed by atoms with Crippen molar-refractivity contribution < 1.29 is 21.6 Å². The van der Waals surface area contributed by atoms with Gasteiger partial charge in [-0.2, -0.15) is 8.42 Å². The van der Waals surface area contributed by atoms with Gasteiger partial charge in [0.1, 0.15) is 10.7 Å². The number of nitro groups is 1. The van der Waals surface area contributed by atoms with Crippen molar-refractivity contribution >= 4 is 31.8 Å². The summed E-state index contributed by atoms with van der Waals surface area (Å²) >= 11 is 2.65. The smallest absolute Gasteiger partial charge is 0.258 e. The maximum atomic E-state index is 12.9. The summed E-state index contributed by atoms with van der Waals surface area (Å²) in [5, 5.41) is 10.3. The van der Waals surface area contributed by atoms with Crippen LogP contribution in [0.4, 0.5) is 14.0 Å². The number of nitrogens with zero attached hydrogens (tertiary/aromatic N) is 1. The van der Waals surface area contributed by atoms with Crippen LogP contribution in [0.5, 0.6) is 0 Å². The molecule has 0 fully saturated rings. The van der Waals surface area contributed by atoms with Gasteiger partial charge in [0.25, 0.3) is 5.69 Å². The number of hydrogen-bond acceptors (Lipinski definition) is 4. The lowest BCUT2D eigenvalue weighted by Crippen LogP contribution is -1.99. The fraction of sp³-hybridized carbons (Fsp3) is 0. The van der Waals surface area contributed by atoms with Gasteiger partial charge in [0.2, 0.25) is 0 Å². The molecule has 15 heavy (non-hydrogen) atoms. The lowest BCUT2D eigenvalue weighted by molar-refractivity contribution is -0.385. The van der Waals surface area contributed by atoms with E-state index < -0.39 is 31.5 Å². The molecule has 82 valence electrons. The molecule has 0 saturated heterocycles. The lowest BCUT2D eigenvalue weighted by atomic mass is 10.3. The highest BCUT2D eigenvalue weighted by atomic mass is 79.9. The molecule has 1 aromatic rings. The Kier molecular flexibility index (Phi) is 3.05. The fourth-order valence-electron chi connectivity index (χ4n) is 0.845. The Morgan fingerprint density at radius 2 is 1.93 bits per heavy atom. The summed E-state index contributed by atoms with van der Waals surface area (Å²) < 4.78 is 45.9. The highest BCUT2D eigenvalue weighted by molar-refractivity contribution is 9.10. The van der Waals surface area contributed by atoms with Crippen LogP contribution in [0.15, 0.2) is 21.5 Å². The number of nitro benzene ring substituents is 1. The van der Waals surface area contributed by atoms with Crippen LogP contribution in [-0.2, 0) is 10.2 Å². The molecule has 0 spiro atoms. The van der Waals surface area contributed by atoms with Crippen LogP contribution in [0.2, 0.25) is 0 Å². The molecule has 9 heteroatoms. The molecule has 0 aromatic heterocycles. The zero-order valence-electron chi connectivity index (χ0n) is 6.78. The molecule has 0 radical (unpaired) electrons.